The highest BCUT2D eigenvalue weighted by atomic mass is 79.9. The number of carboxylic acid groups (broad SMARTS) is 1. The number of rotatable bonds is 4. The molecule has 1 N–H and O–H groups in total. The van der Waals surface area contributed by atoms with Crippen molar-refractivity contribution >= 4 is 21.9 Å². The van der Waals surface area contributed by atoms with Gasteiger partial charge in [0, 0.05) is 10.5 Å². The highest BCUT2D eigenvalue weighted by molar-refractivity contribution is 9.10. The van der Waals surface area contributed by atoms with Gasteiger partial charge in [0.05, 0.1) is 7.11 Å². The Morgan fingerprint density at radius 2 is 1.89 bits per heavy atom. The number of benzene rings is 2. The van der Waals surface area contributed by atoms with E-state index in [-0.39, 0.29) is 11.3 Å². The van der Waals surface area contributed by atoms with Gasteiger partial charge in [-0.05, 0) is 30.3 Å². The smallest absolute Gasteiger partial charge is 0.339 e. The van der Waals surface area contributed by atoms with Crippen molar-refractivity contribution in [3.63, 3.8) is 0 Å². The average Bonchev–Trinajstić information content (AvgIpc) is 2.41. The Bertz CT molecular complexity index is 610. The topological polar surface area (TPSA) is 55.8 Å². The molecule has 2 aromatic rings. The third kappa shape index (κ3) is 3.26. The minimum absolute atomic E-state index is 0.0946. The van der Waals surface area contributed by atoms with E-state index in [9.17, 15) is 4.79 Å². The zero-order chi connectivity index (χ0) is 13.8. The summed E-state index contributed by atoms with van der Waals surface area (Å²) >= 11 is 3.23. The molecule has 5 heteroatoms. The van der Waals surface area contributed by atoms with Crippen molar-refractivity contribution in [2.45, 2.75) is 0 Å². The molecule has 4 nitrogen and oxygen atoms in total. The van der Waals surface area contributed by atoms with Crippen molar-refractivity contribution in [1.29, 1.82) is 0 Å². The molecule has 0 aliphatic rings. The van der Waals surface area contributed by atoms with Gasteiger partial charge in [-0.1, -0.05) is 22.0 Å². The molecule has 2 aromatic carbocycles. The fourth-order valence-corrected chi connectivity index (χ4v) is 1.91. The molecule has 0 spiro atoms. The van der Waals surface area contributed by atoms with Crippen LogP contribution in [-0.4, -0.2) is 18.2 Å². The van der Waals surface area contributed by atoms with Crippen molar-refractivity contribution < 1.29 is 19.4 Å². The lowest BCUT2D eigenvalue weighted by atomic mass is 10.2. The number of carboxylic acids is 1. The van der Waals surface area contributed by atoms with Crippen molar-refractivity contribution in [1.82, 2.24) is 0 Å². The maximum Gasteiger partial charge on any atom is 0.339 e. The van der Waals surface area contributed by atoms with E-state index in [1.807, 2.05) is 0 Å². The molecule has 0 saturated heterocycles. The van der Waals surface area contributed by atoms with Gasteiger partial charge in [0.25, 0.3) is 0 Å². The lowest BCUT2D eigenvalue weighted by Gasteiger charge is -2.10. The SMILES string of the molecule is COc1cccc(Oc2ccc(Br)cc2C(=O)O)c1. The van der Waals surface area contributed by atoms with Crippen LogP contribution in [0.25, 0.3) is 0 Å². The monoisotopic (exact) mass is 322 g/mol. The molecule has 0 fully saturated rings. The van der Waals surface area contributed by atoms with Crippen LogP contribution in [0.4, 0.5) is 0 Å². The highest BCUT2D eigenvalue weighted by Gasteiger charge is 2.12. The van der Waals surface area contributed by atoms with Gasteiger partial charge in [-0.25, -0.2) is 4.79 Å². The number of halogens is 1. The summed E-state index contributed by atoms with van der Waals surface area (Å²) in [5, 5.41) is 9.14. The zero-order valence-corrected chi connectivity index (χ0v) is 11.7. The third-order valence-electron chi connectivity index (χ3n) is 2.44. The maximum absolute atomic E-state index is 11.2. The van der Waals surface area contributed by atoms with E-state index in [0.29, 0.717) is 16.0 Å². The summed E-state index contributed by atoms with van der Waals surface area (Å²) in [5.41, 5.74) is 0.0946. The quantitative estimate of drug-likeness (QED) is 0.926. The standard InChI is InChI=1S/C14H11BrO4/c1-18-10-3-2-4-11(8-10)19-13-6-5-9(15)7-12(13)14(16)17/h2-8H,1H3,(H,16,17). The number of methoxy groups -OCH3 is 1. The fourth-order valence-electron chi connectivity index (χ4n) is 1.55. The highest BCUT2D eigenvalue weighted by Crippen LogP contribution is 2.29. The minimum Gasteiger partial charge on any atom is -0.497 e. The number of carbonyl (C=O) groups is 1. The molecule has 0 aliphatic carbocycles. The summed E-state index contributed by atoms with van der Waals surface area (Å²) in [6.45, 7) is 0. The van der Waals surface area contributed by atoms with E-state index < -0.39 is 5.97 Å². The summed E-state index contributed by atoms with van der Waals surface area (Å²) < 4.78 is 11.4. The first kappa shape index (κ1) is 13.4. The molecule has 0 bridgehead atoms. The lowest BCUT2D eigenvalue weighted by Crippen LogP contribution is -2.00. The van der Waals surface area contributed by atoms with Crippen molar-refractivity contribution in [2.75, 3.05) is 7.11 Å². The minimum atomic E-state index is -1.04. The average molecular weight is 323 g/mol. The number of aromatic carboxylic acids is 1. The van der Waals surface area contributed by atoms with E-state index in [1.54, 1.807) is 43.5 Å². The summed E-state index contributed by atoms with van der Waals surface area (Å²) in [6.07, 6.45) is 0. The summed E-state index contributed by atoms with van der Waals surface area (Å²) in [6, 6.07) is 11.8. The van der Waals surface area contributed by atoms with Crippen LogP contribution in [0.3, 0.4) is 0 Å². The van der Waals surface area contributed by atoms with E-state index >= 15 is 0 Å². The van der Waals surface area contributed by atoms with Gasteiger partial charge in [-0.2, -0.15) is 0 Å². The summed E-state index contributed by atoms with van der Waals surface area (Å²) in [7, 11) is 1.56. The van der Waals surface area contributed by atoms with Crippen LogP contribution in [0.15, 0.2) is 46.9 Å². The molecule has 0 aromatic heterocycles. The van der Waals surface area contributed by atoms with Gasteiger partial charge in [0.15, 0.2) is 0 Å². The van der Waals surface area contributed by atoms with Crippen molar-refractivity contribution in [2.24, 2.45) is 0 Å². The molecule has 19 heavy (non-hydrogen) atoms. The Morgan fingerprint density at radius 1 is 1.16 bits per heavy atom. The largest absolute Gasteiger partial charge is 0.497 e. The normalized spacial score (nSPS) is 10.0. The maximum atomic E-state index is 11.2. The Morgan fingerprint density at radius 3 is 2.58 bits per heavy atom. The molecule has 0 amide bonds. The van der Waals surface area contributed by atoms with Crippen molar-refractivity contribution in [3.8, 4) is 17.2 Å². The molecule has 0 aliphatic heterocycles. The fraction of sp³-hybridized carbons (Fsp3) is 0.0714. The molecule has 0 heterocycles. The molecule has 2 rings (SSSR count). The van der Waals surface area contributed by atoms with Gasteiger partial charge in [0.2, 0.25) is 0 Å². The summed E-state index contributed by atoms with van der Waals surface area (Å²) in [4.78, 5) is 11.2. The van der Waals surface area contributed by atoms with E-state index in [0.717, 1.165) is 0 Å². The third-order valence-corrected chi connectivity index (χ3v) is 2.93. The number of hydrogen-bond donors (Lipinski definition) is 1. The molecule has 0 atom stereocenters. The van der Waals surface area contributed by atoms with Crippen LogP contribution in [0, 0.1) is 0 Å². The van der Waals surface area contributed by atoms with Gasteiger partial charge in [-0.15, -0.1) is 0 Å². The second kappa shape index (κ2) is 5.75. The Kier molecular flexibility index (Phi) is 4.06. The predicted octanol–water partition coefficient (Wildman–Crippen LogP) is 3.95. The van der Waals surface area contributed by atoms with Gasteiger partial charge in [-0.3, -0.25) is 0 Å². The molecular formula is C14H11BrO4. The van der Waals surface area contributed by atoms with Crippen LogP contribution in [0.2, 0.25) is 0 Å². The van der Waals surface area contributed by atoms with Crippen LogP contribution >= 0.6 is 15.9 Å². The first-order valence-corrected chi connectivity index (χ1v) is 6.24. The molecular weight excluding hydrogens is 312 g/mol. The molecule has 0 unspecified atom stereocenters. The van der Waals surface area contributed by atoms with Crippen LogP contribution < -0.4 is 9.47 Å². The van der Waals surface area contributed by atoms with E-state index in [1.165, 1.54) is 6.07 Å². The first-order valence-electron chi connectivity index (χ1n) is 5.45. The number of hydrogen-bond acceptors (Lipinski definition) is 3. The molecule has 0 saturated carbocycles. The Labute approximate surface area is 118 Å². The lowest BCUT2D eigenvalue weighted by molar-refractivity contribution is 0.0694. The summed E-state index contributed by atoms with van der Waals surface area (Å²) in [5.74, 6) is 0.402. The molecule has 98 valence electrons. The molecule has 0 radical (unpaired) electrons. The van der Waals surface area contributed by atoms with Crippen LogP contribution in [0.1, 0.15) is 10.4 Å². The Balaban J connectivity index is 2.34. The second-order valence-corrected chi connectivity index (χ2v) is 4.64. The number of ether oxygens (including phenoxy) is 2. The van der Waals surface area contributed by atoms with Gasteiger partial charge in [0.1, 0.15) is 22.8 Å². The Hall–Kier alpha value is -2.01. The predicted molar refractivity (Wildman–Crippen MR) is 74.2 cm³/mol. The van der Waals surface area contributed by atoms with E-state index in [2.05, 4.69) is 15.9 Å². The van der Waals surface area contributed by atoms with Gasteiger partial charge < -0.3 is 14.6 Å². The van der Waals surface area contributed by atoms with Crippen LogP contribution in [0.5, 0.6) is 17.2 Å². The second-order valence-electron chi connectivity index (χ2n) is 3.73. The first-order chi connectivity index (χ1) is 9.10. The van der Waals surface area contributed by atoms with Crippen LogP contribution in [-0.2, 0) is 0 Å². The van der Waals surface area contributed by atoms with E-state index in [4.69, 9.17) is 14.6 Å². The van der Waals surface area contributed by atoms with Crippen molar-refractivity contribution in [3.05, 3.63) is 52.5 Å². The van der Waals surface area contributed by atoms with Gasteiger partial charge >= 0.3 is 5.97 Å². The zero-order valence-electron chi connectivity index (χ0n) is 10.1.